The first-order valence-electron chi connectivity index (χ1n) is 4.72. The molecule has 1 rings (SSSR count). The third-order valence-corrected chi connectivity index (χ3v) is 2.16. The van der Waals surface area contributed by atoms with E-state index in [4.69, 9.17) is 9.47 Å². The molecule has 1 N–H and O–H groups in total. The molecule has 15 heavy (non-hydrogen) atoms. The maximum absolute atomic E-state index is 9.67. The number of ether oxygens (including phenoxy) is 2. The Labute approximate surface area is 89.8 Å². The van der Waals surface area contributed by atoms with Gasteiger partial charge in [0.15, 0.2) is 11.5 Å². The van der Waals surface area contributed by atoms with Crippen molar-refractivity contribution < 1.29 is 14.6 Å². The summed E-state index contributed by atoms with van der Waals surface area (Å²) in [5.74, 6) is 0.901. The molecule has 4 heteroatoms. The van der Waals surface area contributed by atoms with Crippen molar-refractivity contribution in [2.75, 3.05) is 27.8 Å². The van der Waals surface area contributed by atoms with Crippen LogP contribution >= 0.6 is 0 Å². The predicted molar refractivity (Wildman–Crippen MR) is 59.1 cm³/mol. The van der Waals surface area contributed by atoms with Gasteiger partial charge in [-0.1, -0.05) is 0 Å². The maximum Gasteiger partial charge on any atom is 0.200 e. The van der Waals surface area contributed by atoms with Gasteiger partial charge in [-0.3, -0.25) is 0 Å². The second-order valence-electron chi connectivity index (χ2n) is 3.14. The molecule has 0 fully saturated rings. The maximum atomic E-state index is 9.67. The highest BCUT2D eigenvalue weighted by molar-refractivity contribution is 5.52. The molecule has 0 heterocycles. The molecule has 0 atom stereocenters. The lowest BCUT2D eigenvalue weighted by molar-refractivity contribution is 0.339. The highest BCUT2D eigenvalue weighted by Crippen LogP contribution is 2.37. The summed E-state index contributed by atoms with van der Waals surface area (Å²) in [4.78, 5) is 0. The van der Waals surface area contributed by atoms with Gasteiger partial charge in [-0.25, -0.2) is 0 Å². The van der Waals surface area contributed by atoms with Crippen LogP contribution in [-0.4, -0.2) is 32.9 Å². The summed E-state index contributed by atoms with van der Waals surface area (Å²) in [5, 5.41) is 13.7. The molecule has 0 spiro atoms. The van der Waals surface area contributed by atoms with Crippen LogP contribution in [0, 0.1) is 0 Å². The van der Waals surface area contributed by atoms with Crippen molar-refractivity contribution in [3.8, 4) is 17.2 Å². The normalized spacial score (nSPS) is 10.1. The molecule has 0 saturated carbocycles. The van der Waals surface area contributed by atoms with Gasteiger partial charge in [0, 0.05) is 0 Å². The van der Waals surface area contributed by atoms with Gasteiger partial charge in [0.2, 0.25) is 5.75 Å². The highest BCUT2D eigenvalue weighted by Gasteiger charge is 2.09. The van der Waals surface area contributed by atoms with Crippen molar-refractivity contribution in [3.05, 3.63) is 23.0 Å². The molecule has 0 aliphatic heterocycles. The topological polar surface area (TPSA) is 52.8 Å². The fourth-order valence-electron chi connectivity index (χ4n) is 1.33. The Morgan fingerprint density at radius 2 is 1.73 bits per heavy atom. The van der Waals surface area contributed by atoms with Crippen LogP contribution in [0.15, 0.2) is 12.1 Å². The summed E-state index contributed by atoms with van der Waals surface area (Å²) in [6, 6.07) is 3.59. The lowest BCUT2D eigenvalue weighted by Gasteiger charge is -2.14. The third-order valence-electron chi connectivity index (χ3n) is 2.16. The summed E-state index contributed by atoms with van der Waals surface area (Å²) < 4.78 is 10.1. The average molecular weight is 210 g/mol. The molecule has 1 aromatic carbocycles. The van der Waals surface area contributed by atoms with Crippen LogP contribution in [0.5, 0.6) is 17.2 Å². The molecule has 0 aromatic heterocycles. The zero-order valence-electron chi connectivity index (χ0n) is 9.28. The van der Waals surface area contributed by atoms with Crippen LogP contribution < -0.4 is 9.47 Å². The molecule has 4 nitrogen and oxygen atoms in total. The van der Waals surface area contributed by atoms with Crippen molar-refractivity contribution >= 4 is 0 Å². The Bertz CT molecular complexity index is 301. The minimum atomic E-state index is 0.0391. The Kier molecular flexibility index (Phi) is 4.24. The largest absolute Gasteiger partial charge is 0.665 e. The van der Waals surface area contributed by atoms with Crippen LogP contribution in [-0.2, 0) is 6.42 Å². The zero-order chi connectivity index (χ0) is 11.3. The van der Waals surface area contributed by atoms with E-state index in [0.29, 0.717) is 11.5 Å². The molecule has 0 unspecified atom stereocenters. The van der Waals surface area contributed by atoms with E-state index < -0.39 is 0 Å². The minimum Gasteiger partial charge on any atom is -0.665 e. The van der Waals surface area contributed by atoms with Gasteiger partial charge in [0.25, 0.3) is 0 Å². The van der Waals surface area contributed by atoms with Gasteiger partial charge in [-0.2, -0.15) is 7.05 Å². The summed E-state index contributed by atoms with van der Waals surface area (Å²) in [6.45, 7) is 0.747. The number of hydrogen-bond donors (Lipinski definition) is 1. The Balaban J connectivity index is 2.98. The standard InChI is InChI=1S/C11H16NO3/c1-12-5-4-8-6-9(14-2)11(13)10(7-8)15-3/h6-7,13H,4-5H2,1-3H3/q-1. The van der Waals surface area contributed by atoms with E-state index in [1.807, 2.05) is 0 Å². The number of rotatable bonds is 5. The SMILES string of the molecule is C[N-]CCc1cc(OC)c(O)c(OC)c1. The molecule has 1 aromatic rings. The predicted octanol–water partition coefficient (Wildman–Crippen LogP) is 1.96. The Morgan fingerprint density at radius 1 is 1.20 bits per heavy atom. The van der Waals surface area contributed by atoms with E-state index in [1.165, 1.54) is 14.2 Å². The van der Waals surface area contributed by atoms with Crippen molar-refractivity contribution in [3.63, 3.8) is 0 Å². The average Bonchev–Trinajstić information content (AvgIpc) is 2.27. The number of methoxy groups -OCH3 is 2. The number of likely N-dealkylation sites (N-methyl/N-ethyl adjacent to an activating group) is 1. The van der Waals surface area contributed by atoms with Crippen molar-refractivity contribution in [2.24, 2.45) is 0 Å². The van der Waals surface area contributed by atoms with Gasteiger partial charge in [-0.05, 0) is 24.1 Å². The van der Waals surface area contributed by atoms with Gasteiger partial charge >= 0.3 is 0 Å². The molecule has 0 amide bonds. The van der Waals surface area contributed by atoms with E-state index in [-0.39, 0.29) is 5.75 Å². The number of phenols is 1. The van der Waals surface area contributed by atoms with Crippen LogP contribution in [0.3, 0.4) is 0 Å². The summed E-state index contributed by atoms with van der Waals surface area (Å²) >= 11 is 0. The van der Waals surface area contributed by atoms with Crippen LogP contribution in [0.2, 0.25) is 0 Å². The number of nitrogens with zero attached hydrogens (tertiary/aromatic N) is 1. The number of aromatic hydroxyl groups is 1. The first kappa shape index (κ1) is 11.7. The van der Waals surface area contributed by atoms with E-state index in [2.05, 4.69) is 5.32 Å². The fraction of sp³-hybridized carbons (Fsp3) is 0.455. The summed E-state index contributed by atoms with van der Waals surface area (Å²) in [6.07, 6.45) is 0.809. The highest BCUT2D eigenvalue weighted by atomic mass is 16.5. The zero-order valence-corrected chi connectivity index (χ0v) is 9.28. The van der Waals surface area contributed by atoms with Crippen LogP contribution in [0.25, 0.3) is 5.32 Å². The monoisotopic (exact) mass is 210 g/mol. The van der Waals surface area contributed by atoms with E-state index in [9.17, 15) is 5.11 Å². The molecular formula is C11H16NO3-. The van der Waals surface area contributed by atoms with Gasteiger partial charge in [-0.15, -0.1) is 6.54 Å². The van der Waals surface area contributed by atoms with E-state index >= 15 is 0 Å². The summed E-state index contributed by atoms with van der Waals surface area (Å²) in [5.41, 5.74) is 1.03. The number of phenolic OH excluding ortho intramolecular Hbond substituents is 1. The van der Waals surface area contributed by atoms with Crippen molar-refractivity contribution in [1.29, 1.82) is 0 Å². The third kappa shape index (κ3) is 2.76. The van der Waals surface area contributed by atoms with E-state index in [0.717, 1.165) is 18.5 Å². The Morgan fingerprint density at radius 3 is 2.13 bits per heavy atom. The number of benzene rings is 1. The second-order valence-corrected chi connectivity index (χ2v) is 3.14. The molecule has 84 valence electrons. The molecule has 0 aliphatic rings. The fourth-order valence-corrected chi connectivity index (χ4v) is 1.33. The van der Waals surface area contributed by atoms with Gasteiger partial charge < -0.3 is 19.9 Å². The van der Waals surface area contributed by atoms with E-state index in [1.54, 1.807) is 19.2 Å². The molecule has 0 bridgehead atoms. The Hall–Kier alpha value is -1.42. The molecule has 0 radical (unpaired) electrons. The molecular weight excluding hydrogens is 194 g/mol. The first-order valence-corrected chi connectivity index (χ1v) is 4.72. The molecule has 0 aliphatic carbocycles. The van der Waals surface area contributed by atoms with Crippen LogP contribution in [0.4, 0.5) is 0 Å². The van der Waals surface area contributed by atoms with Gasteiger partial charge in [0.1, 0.15) is 0 Å². The second kappa shape index (κ2) is 5.46. The first-order chi connectivity index (χ1) is 7.22. The van der Waals surface area contributed by atoms with Crippen LogP contribution in [0.1, 0.15) is 5.56 Å². The van der Waals surface area contributed by atoms with Gasteiger partial charge in [0.05, 0.1) is 14.2 Å². The summed E-state index contributed by atoms with van der Waals surface area (Å²) in [7, 11) is 4.81. The number of hydrogen-bond acceptors (Lipinski definition) is 3. The van der Waals surface area contributed by atoms with Crippen molar-refractivity contribution in [1.82, 2.24) is 0 Å². The minimum absolute atomic E-state index is 0.0391. The molecule has 0 saturated heterocycles. The lowest BCUT2D eigenvalue weighted by atomic mass is 10.1. The quantitative estimate of drug-likeness (QED) is 0.808. The smallest absolute Gasteiger partial charge is 0.200 e. The van der Waals surface area contributed by atoms with Crippen molar-refractivity contribution in [2.45, 2.75) is 6.42 Å². The lowest BCUT2D eigenvalue weighted by Crippen LogP contribution is -1.95.